The molecule has 1 N–H and O–H groups in total. The maximum absolute atomic E-state index is 11.9. The van der Waals surface area contributed by atoms with Crippen molar-refractivity contribution in [1.82, 2.24) is 0 Å². The number of nitrogens with zero attached hydrogens (tertiary/aromatic N) is 1. The van der Waals surface area contributed by atoms with E-state index in [0.29, 0.717) is 9.21 Å². The van der Waals surface area contributed by atoms with Crippen molar-refractivity contribution in [1.29, 1.82) is 0 Å². The normalized spacial score (nSPS) is 10.2. The third kappa shape index (κ3) is 3.23. The van der Waals surface area contributed by atoms with Crippen molar-refractivity contribution < 1.29 is 9.72 Å². The first-order chi connectivity index (χ1) is 8.97. The van der Waals surface area contributed by atoms with Gasteiger partial charge in [-0.05, 0) is 18.2 Å². The summed E-state index contributed by atoms with van der Waals surface area (Å²) in [5.41, 5.74) is 0.0364. The van der Waals surface area contributed by atoms with Crippen LogP contribution in [0, 0.1) is 10.1 Å². The molecule has 1 aromatic heterocycles. The molecule has 0 saturated heterocycles. The smallest absolute Gasteiger partial charge is 0.271 e. The van der Waals surface area contributed by atoms with Crippen LogP contribution in [0.25, 0.3) is 0 Å². The Morgan fingerprint density at radius 3 is 2.58 bits per heavy atom. The number of hydrogen-bond acceptors (Lipinski definition) is 4. The van der Waals surface area contributed by atoms with Crippen LogP contribution in [-0.4, -0.2) is 10.8 Å². The second-order valence-corrected chi connectivity index (χ2v) is 5.60. The van der Waals surface area contributed by atoms with Crippen molar-refractivity contribution in [2.45, 2.75) is 0 Å². The zero-order valence-corrected chi connectivity index (χ0v) is 11.6. The molecule has 0 unspecified atom stereocenters. The summed E-state index contributed by atoms with van der Waals surface area (Å²) < 4.78 is 0.482. The number of thiophene rings is 1. The number of amides is 1. The molecule has 8 heteroatoms. The summed E-state index contributed by atoms with van der Waals surface area (Å²) in [7, 11) is 0. The van der Waals surface area contributed by atoms with Gasteiger partial charge in [-0.1, -0.05) is 23.2 Å². The van der Waals surface area contributed by atoms with Crippen LogP contribution in [0.4, 0.5) is 11.4 Å². The van der Waals surface area contributed by atoms with Gasteiger partial charge in [0.25, 0.3) is 11.6 Å². The van der Waals surface area contributed by atoms with Gasteiger partial charge in [0, 0.05) is 12.1 Å². The Labute approximate surface area is 121 Å². The van der Waals surface area contributed by atoms with Crippen LogP contribution < -0.4 is 5.32 Å². The lowest BCUT2D eigenvalue weighted by molar-refractivity contribution is -0.384. The third-order valence-electron chi connectivity index (χ3n) is 2.21. The SMILES string of the molecule is O=C(Nc1cc([N+](=O)[O-])ccc1Cl)c1ccc(Cl)s1. The first-order valence-electron chi connectivity index (χ1n) is 4.98. The van der Waals surface area contributed by atoms with Crippen molar-refractivity contribution in [3.05, 3.63) is 54.7 Å². The number of benzene rings is 1. The molecule has 0 aliphatic heterocycles. The Morgan fingerprint density at radius 2 is 2.00 bits per heavy atom. The van der Waals surface area contributed by atoms with E-state index in [2.05, 4.69) is 5.32 Å². The summed E-state index contributed by atoms with van der Waals surface area (Å²) in [5.74, 6) is -0.417. The standard InChI is InChI=1S/C11H6Cl2N2O3S/c12-7-2-1-6(15(17)18)5-8(7)14-11(16)9-3-4-10(13)19-9/h1-5H,(H,14,16). The first-order valence-corrected chi connectivity index (χ1v) is 6.55. The first kappa shape index (κ1) is 13.8. The number of carbonyl (C=O) groups excluding carboxylic acids is 1. The molecular formula is C11H6Cl2N2O3S. The zero-order valence-electron chi connectivity index (χ0n) is 9.22. The molecule has 1 heterocycles. The van der Waals surface area contributed by atoms with E-state index < -0.39 is 10.8 Å². The molecule has 19 heavy (non-hydrogen) atoms. The monoisotopic (exact) mass is 316 g/mol. The highest BCUT2D eigenvalue weighted by molar-refractivity contribution is 7.18. The lowest BCUT2D eigenvalue weighted by Gasteiger charge is -2.05. The van der Waals surface area contributed by atoms with Crippen molar-refractivity contribution in [3.8, 4) is 0 Å². The molecule has 0 aliphatic rings. The summed E-state index contributed by atoms with van der Waals surface area (Å²) in [4.78, 5) is 22.4. The van der Waals surface area contributed by atoms with Gasteiger partial charge in [0.1, 0.15) is 0 Å². The maximum atomic E-state index is 11.9. The molecule has 0 atom stereocenters. The van der Waals surface area contributed by atoms with E-state index >= 15 is 0 Å². The number of rotatable bonds is 3. The van der Waals surface area contributed by atoms with E-state index in [1.165, 1.54) is 18.2 Å². The van der Waals surface area contributed by atoms with E-state index in [1.54, 1.807) is 12.1 Å². The predicted molar refractivity (Wildman–Crippen MR) is 75.4 cm³/mol. The van der Waals surface area contributed by atoms with Crippen LogP contribution in [0.15, 0.2) is 30.3 Å². The van der Waals surface area contributed by atoms with Gasteiger partial charge in [0.15, 0.2) is 0 Å². The summed E-state index contributed by atoms with van der Waals surface area (Å²) in [6, 6.07) is 6.98. The van der Waals surface area contributed by atoms with Crippen LogP contribution in [0.2, 0.25) is 9.36 Å². The van der Waals surface area contributed by atoms with Crippen molar-refractivity contribution in [2.24, 2.45) is 0 Å². The minimum atomic E-state index is -0.562. The van der Waals surface area contributed by atoms with Crippen molar-refractivity contribution in [3.63, 3.8) is 0 Å². The van der Waals surface area contributed by atoms with Crippen LogP contribution >= 0.6 is 34.5 Å². The highest BCUT2D eigenvalue weighted by atomic mass is 35.5. The molecule has 1 amide bonds. The van der Waals surface area contributed by atoms with E-state index in [-0.39, 0.29) is 16.4 Å². The highest BCUT2D eigenvalue weighted by Gasteiger charge is 2.14. The predicted octanol–water partition coefficient (Wildman–Crippen LogP) is 4.22. The summed E-state index contributed by atoms with van der Waals surface area (Å²) in [6.07, 6.45) is 0. The molecule has 0 radical (unpaired) electrons. The lowest BCUT2D eigenvalue weighted by atomic mass is 10.2. The van der Waals surface area contributed by atoms with Gasteiger partial charge in [-0.15, -0.1) is 11.3 Å². The molecule has 0 fully saturated rings. The van der Waals surface area contributed by atoms with Crippen LogP contribution in [0.3, 0.4) is 0 Å². The molecule has 0 spiro atoms. The number of nitrogens with one attached hydrogen (secondary N) is 1. The second kappa shape index (κ2) is 5.56. The van der Waals surface area contributed by atoms with Gasteiger partial charge in [0.05, 0.1) is 24.8 Å². The van der Waals surface area contributed by atoms with E-state index in [9.17, 15) is 14.9 Å². The van der Waals surface area contributed by atoms with Gasteiger partial charge in [-0.25, -0.2) is 0 Å². The summed E-state index contributed by atoms with van der Waals surface area (Å²) in [6.45, 7) is 0. The topological polar surface area (TPSA) is 72.2 Å². The number of carbonyl (C=O) groups is 1. The largest absolute Gasteiger partial charge is 0.320 e. The number of hydrogen-bond donors (Lipinski definition) is 1. The number of anilines is 1. The Balaban J connectivity index is 2.25. The Hall–Kier alpha value is -1.63. The molecule has 0 bridgehead atoms. The fourth-order valence-electron chi connectivity index (χ4n) is 1.34. The number of nitro groups is 1. The molecule has 2 aromatic rings. The Morgan fingerprint density at radius 1 is 1.26 bits per heavy atom. The Kier molecular flexibility index (Phi) is 4.04. The second-order valence-electron chi connectivity index (χ2n) is 3.48. The van der Waals surface area contributed by atoms with Gasteiger partial charge in [-0.2, -0.15) is 0 Å². The van der Waals surface area contributed by atoms with Gasteiger partial charge >= 0.3 is 0 Å². The fourth-order valence-corrected chi connectivity index (χ4v) is 2.45. The van der Waals surface area contributed by atoms with Crippen LogP contribution in [0.1, 0.15) is 9.67 Å². The lowest BCUT2D eigenvalue weighted by Crippen LogP contribution is -2.10. The molecule has 98 valence electrons. The van der Waals surface area contributed by atoms with Crippen molar-refractivity contribution in [2.75, 3.05) is 5.32 Å². The quantitative estimate of drug-likeness (QED) is 0.680. The molecule has 0 aliphatic carbocycles. The van der Waals surface area contributed by atoms with E-state index in [4.69, 9.17) is 23.2 Å². The molecule has 0 saturated carbocycles. The fraction of sp³-hybridized carbons (Fsp3) is 0. The molecule has 5 nitrogen and oxygen atoms in total. The zero-order chi connectivity index (χ0) is 14.0. The summed E-state index contributed by atoms with van der Waals surface area (Å²) >= 11 is 12.7. The van der Waals surface area contributed by atoms with Gasteiger partial charge < -0.3 is 5.32 Å². The average molecular weight is 317 g/mol. The highest BCUT2D eigenvalue weighted by Crippen LogP contribution is 2.28. The Bertz CT molecular complexity index is 657. The summed E-state index contributed by atoms with van der Waals surface area (Å²) in [5, 5.41) is 13.4. The van der Waals surface area contributed by atoms with Gasteiger partial charge in [-0.3, -0.25) is 14.9 Å². The number of halogens is 2. The van der Waals surface area contributed by atoms with Gasteiger partial charge in [0.2, 0.25) is 0 Å². The number of nitro benzene ring substituents is 1. The average Bonchev–Trinajstić information content (AvgIpc) is 2.78. The molecule has 1 aromatic carbocycles. The van der Waals surface area contributed by atoms with Crippen LogP contribution in [0.5, 0.6) is 0 Å². The maximum Gasteiger partial charge on any atom is 0.271 e. The van der Waals surface area contributed by atoms with E-state index in [0.717, 1.165) is 11.3 Å². The number of non-ortho nitro benzene ring substituents is 1. The molecular weight excluding hydrogens is 311 g/mol. The van der Waals surface area contributed by atoms with E-state index in [1.807, 2.05) is 0 Å². The third-order valence-corrected chi connectivity index (χ3v) is 3.77. The minimum Gasteiger partial charge on any atom is -0.320 e. The van der Waals surface area contributed by atoms with Crippen molar-refractivity contribution >= 4 is 51.8 Å². The van der Waals surface area contributed by atoms with Crippen LogP contribution in [-0.2, 0) is 0 Å². The minimum absolute atomic E-state index is 0.149. The molecule has 2 rings (SSSR count).